The lowest BCUT2D eigenvalue weighted by Gasteiger charge is -2.09. The first-order valence-electron chi connectivity index (χ1n) is 9.76. The zero-order valence-electron chi connectivity index (χ0n) is 17.4. The van der Waals surface area contributed by atoms with E-state index in [1.54, 1.807) is 30.3 Å². The Kier molecular flexibility index (Phi) is 8.55. The molecule has 0 spiro atoms. The van der Waals surface area contributed by atoms with E-state index in [-0.39, 0.29) is 5.91 Å². The van der Waals surface area contributed by atoms with E-state index in [9.17, 15) is 9.18 Å². The molecule has 0 bridgehead atoms. The summed E-state index contributed by atoms with van der Waals surface area (Å²) in [5, 5.41) is 2.81. The van der Waals surface area contributed by atoms with E-state index in [0.717, 1.165) is 17.0 Å². The summed E-state index contributed by atoms with van der Waals surface area (Å²) < 4.78 is 14.9. The highest BCUT2D eigenvalue weighted by atomic mass is 32.1. The van der Waals surface area contributed by atoms with E-state index >= 15 is 0 Å². The Balaban J connectivity index is 0.00000155. The van der Waals surface area contributed by atoms with Gasteiger partial charge in [-0.2, -0.15) is 0 Å². The molecule has 1 aromatic heterocycles. The van der Waals surface area contributed by atoms with Gasteiger partial charge in [-0.25, -0.2) is 4.39 Å². The van der Waals surface area contributed by atoms with Gasteiger partial charge >= 0.3 is 0 Å². The second-order valence-corrected chi connectivity index (χ2v) is 6.70. The third kappa shape index (κ3) is 5.67. The van der Waals surface area contributed by atoms with Crippen molar-refractivity contribution in [1.29, 1.82) is 0 Å². The number of alkyl halides is 1. The van der Waals surface area contributed by atoms with Gasteiger partial charge in [-0.05, 0) is 55.0 Å². The molecule has 7 heteroatoms. The van der Waals surface area contributed by atoms with Crippen LogP contribution in [-0.2, 0) is 6.54 Å². The van der Waals surface area contributed by atoms with E-state index in [0.29, 0.717) is 28.3 Å². The number of rotatable bonds is 6. The van der Waals surface area contributed by atoms with Crippen molar-refractivity contribution in [3.8, 4) is 0 Å². The molecule has 0 radical (unpaired) electrons. The summed E-state index contributed by atoms with van der Waals surface area (Å²) in [7, 11) is 0. The Labute approximate surface area is 181 Å². The summed E-state index contributed by atoms with van der Waals surface area (Å²) in [6, 6.07) is 14.4. The average Bonchev–Trinajstić information content (AvgIpc) is 3.03. The minimum atomic E-state index is -0.524. The number of hydrogen-bond acceptors (Lipinski definition) is 3. The van der Waals surface area contributed by atoms with Crippen molar-refractivity contribution in [1.82, 2.24) is 9.55 Å². The molecule has 0 aliphatic heterocycles. The van der Waals surface area contributed by atoms with Crippen LogP contribution in [0.4, 0.5) is 15.8 Å². The van der Waals surface area contributed by atoms with Crippen LogP contribution in [0.15, 0.2) is 54.6 Å². The third-order valence-corrected chi connectivity index (χ3v) is 4.74. The molecule has 3 rings (SSSR count). The van der Waals surface area contributed by atoms with E-state index in [2.05, 4.69) is 10.3 Å². The molecule has 4 N–H and O–H groups in total. The monoisotopic (exact) mass is 426 g/mol. The Bertz CT molecular complexity index is 1070. The highest BCUT2D eigenvalue weighted by Crippen LogP contribution is 2.18. The highest BCUT2D eigenvalue weighted by Gasteiger charge is 2.10. The summed E-state index contributed by atoms with van der Waals surface area (Å²) in [6.07, 6.45) is 3.12. The number of nitrogen functional groups attached to an aromatic ring is 1. The van der Waals surface area contributed by atoms with Crippen molar-refractivity contribution in [2.24, 2.45) is 0 Å². The van der Waals surface area contributed by atoms with Crippen LogP contribution in [0.25, 0.3) is 6.08 Å². The number of aromatic nitrogens is 2. The second kappa shape index (κ2) is 11.1. The maximum absolute atomic E-state index is 12.4. The number of nitrogens with one attached hydrogen (secondary N) is 2. The predicted molar refractivity (Wildman–Crippen MR) is 125 cm³/mol. The van der Waals surface area contributed by atoms with Crippen LogP contribution in [-0.4, -0.2) is 22.1 Å². The zero-order chi connectivity index (χ0) is 22.1. The maximum Gasteiger partial charge on any atom is 0.255 e. The molecular formula is C23H27FN4OS. The van der Waals surface area contributed by atoms with Gasteiger partial charge in [0, 0.05) is 11.3 Å². The standard InChI is InChI=1S/C21H21FN4OS.C2H6/c1-14-18(7-4-12-22)25-21(28)26(14)13-15-8-10-16(11-9-15)20(27)24-19-6-3-2-5-17(19)23;1-2/h2-11H,12-13,23H2,1H3,(H,24,27)(H,25,28);1-2H3/b7-4-;. The Hall–Kier alpha value is -3.19. The molecule has 1 heterocycles. The van der Waals surface area contributed by atoms with E-state index in [1.165, 1.54) is 6.08 Å². The van der Waals surface area contributed by atoms with Crippen molar-refractivity contribution in [3.63, 3.8) is 0 Å². The number of amides is 1. The molecule has 158 valence electrons. The Morgan fingerprint density at radius 1 is 1.20 bits per heavy atom. The number of carbonyl (C=O) groups excluding carboxylic acids is 1. The fourth-order valence-corrected chi connectivity index (χ4v) is 3.15. The smallest absolute Gasteiger partial charge is 0.255 e. The largest absolute Gasteiger partial charge is 0.397 e. The van der Waals surface area contributed by atoms with E-state index in [1.807, 2.05) is 49.6 Å². The predicted octanol–water partition coefficient (Wildman–Crippen LogP) is 5.75. The van der Waals surface area contributed by atoms with Crippen LogP contribution in [0.2, 0.25) is 0 Å². The van der Waals surface area contributed by atoms with Gasteiger partial charge in [0.1, 0.15) is 6.67 Å². The van der Waals surface area contributed by atoms with Crippen molar-refractivity contribution < 1.29 is 9.18 Å². The number of H-pyrrole nitrogens is 1. The van der Waals surface area contributed by atoms with E-state index in [4.69, 9.17) is 18.0 Å². The Morgan fingerprint density at radius 2 is 1.87 bits per heavy atom. The summed E-state index contributed by atoms with van der Waals surface area (Å²) in [5.41, 5.74) is 10.2. The summed E-state index contributed by atoms with van der Waals surface area (Å²) >= 11 is 5.37. The molecular weight excluding hydrogens is 399 g/mol. The number of hydrogen-bond donors (Lipinski definition) is 3. The van der Waals surface area contributed by atoms with Crippen molar-refractivity contribution >= 4 is 35.6 Å². The van der Waals surface area contributed by atoms with E-state index < -0.39 is 6.67 Å². The molecule has 0 aliphatic carbocycles. The topological polar surface area (TPSA) is 75.8 Å². The fourth-order valence-electron chi connectivity index (χ4n) is 2.84. The number of nitrogens with two attached hydrogens (primary N) is 1. The lowest BCUT2D eigenvalue weighted by Crippen LogP contribution is -2.13. The first-order valence-corrected chi connectivity index (χ1v) is 10.2. The van der Waals surface area contributed by atoms with Gasteiger partial charge in [0.2, 0.25) is 0 Å². The van der Waals surface area contributed by atoms with Gasteiger partial charge in [-0.15, -0.1) is 0 Å². The third-order valence-electron chi connectivity index (χ3n) is 4.42. The quantitative estimate of drug-likeness (QED) is 0.347. The molecule has 30 heavy (non-hydrogen) atoms. The van der Waals surface area contributed by atoms with Gasteiger partial charge < -0.3 is 20.6 Å². The van der Waals surface area contributed by atoms with Crippen molar-refractivity contribution in [2.75, 3.05) is 17.7 Å². The molecule has 0 saturated heterocycles. The minimum Gasteiger partial charge on any atom is -0.397 e. The molecule has 0 saturated carbocycles. The van der Waals surface area contributed by atoms with Crippen LogP contribution in [0.3, 0.4) is 0 Å². The van der Waals surface area contributed by atoms with Crippen LogP contribution in [0.5, 0.6) is 0 Å². The highest BCUT2D eigenvalue weighted by molar-refractivity contribution is 7.71. The van der Waals surface area contributed by atoms with Crippen LogP contribution in [0.1, 0.15) is 41.2 Å². The molecule has 0 fully saturated rings. The average molecular weight is 427 g/mol. The Morgan fingerprint density at radius 3 is 2.50 bits per heavy atom. The molecule has 0 aliphatic rings. The molecule has 3 aromatic rings. The number of halogens is 1. The second-order valence-electron chi connectivity index (χ2n) is 6.31. The molecule has 2 aromatic carbocycles. The number of carbonyl (C=O) groups is 1. The number of imidazole rings is 1. The first-order chi connectivity index (χ1) is 14.5. The van der Waals surface area contributed by atoms with Crippen molar-refractivity contribution in [2.45, 2.75) is 27.3 Å². The molecule has 0 unspecified atom stereocenters. The lowest BCUT2D eigenvalue weighted by atomic mass is 10.1. The zero-order valence-corrected chi connectivity index (χ0v) is 18.2. The number of benzene rings is 2. The van der Waals surface area contributed by atoms with Crippen molar-refractivity contribution in [3.05, 3.63) is 81.9 Å². The number of nitrogens with zero attached hydrogens (tertiary/aromatic N) is 1. The molecule has 0 atom stereocenters. The van der Waals surface area contributed by atoms with Gasteiger partial charge in [-0.1, -0.05) is 44.2 Å². The van der Waals surface area contributed by atoms with Gasteiger partial charge in [-0.3, -0.25) is 4.79 Å². The summed E-state index contributed by atoms with van der Waals surface area (Å²) in [6.45, 7) is 5.96. The van der Waals surface area contributed by atoms with Crippen LogP contribution in [0, 0.1) is 11.7 Å². The first kappa shape index (κ1) is 23.1. The van der Waals surface area contributed by atoms with Crippen LogP contribution >= 0.6 is 12.2 Å². The lowest BCUT2D eigenvalue weighted by molar-refractivity contribution is 0.102. The molecule has 1 amide bonds. The normalized spacial score (nSPS) is 10.5. The SMILES string of the molecule is CC.Cc1c(/C=C\CF)[nH]c(=S)n1Cc1ccc(C(=O)Nc2ccccc2N)cc1. The number of aromatic amines is 1. The number of allylic oxidation sites excluding steroid dienone is 1. The summed E-state index contributed by atoms with van der Waals surface area (Å²) in [5.74, 6) is -0.225. The molecule has 5 nitrogen and oxygen atoms in total. The van der Waals surface area contributed by atoms with Gasteiger partial charge in [0.05, 0.1) is 23.6 Å². The number of para-hydroxylation sites is 2. The number of anilines is 2. The minimum absolute atomic E-state index is 0.225. The fraction of sp³-hybridized carbons (Fsp3) is 0.217. The summed E-state index contributed by atoms with van der Waals surface area (Å²) in [4.78, 5) is 15.5. The van der Waals surface area contributed by atoms with Crippen LogP contribution < -0.4 is 11.1 Å². The maximum atomic E-state index is 12.4. The van der Waals surface area contributed by atoms with Gasteiger partial charge in [0.15, 0.2) is 4.77 Å². The van der Waals surface area contributed by atoms with Gasteiger partial charge in [0.25, 0.3) is 5.91 Å².